The maximum absolute atomic E-state index is 10.3. The van der Waals surface area contributed by atoms with E-state index >= 15 is 0 Å². The Kier molecular flexibility index (Phi) is 4.97. The molecule has 0 saturated carbocycles. The van der Waals surface area contributed by atoms with Crippen LogP contribution in [0.3, 0.4) is 0 Å². The molecule has 1 N–H and O–H groups in total. The first-order valence-electron chi connectivity index (χ1n) is 4.96. The molecule has 0 aliphatic heterocycles. The van der Waals surface area contributed by atoms with Crippen LogP contribution in [0, 0.1) is 0 Å². The molecule has 4 heteroatoms. The fraction of sp³-hybridized carbons (Fsp3) is 0.154. The summed E-state index contributed by atoms with van der Waals surface area (Å²) in [7, 11) is 1.60. The number of carboxylic acid groups (broad SMARTS) is 1. The highest BCUT2D eigenvalue weighted by Gasteiger charge is 2.04. The quantitative estimate of drug-likeness (QED) is 0.683. The van der Waals surface area contributed by atoms with E-state index in [-0.39, 0.29) is 0 Å². The smallest absolute Gasteiger partial charge is 0.328 e. The van der Waals surface area contributed by atoms with Gasteiger partial charge in [-0.05, 0) is 30.7 Å². The molecule has 1 aromatic carbocycles. The molecule has 0 fully saturated rings. The van der Waals surface area contributed by atoms with E-state index in [1.165, 1.54) is 6.08 Å². The maximum atomic E-state index is 10.3. The van der Waals surface area contributed by atoms with Gasteiger partial charge in [0.1, 0.15) is 5.75 Å². The van der Waals surface area contributed by atoms with Gasteiger partial charge in [-0.2, -0.15) is 0 Å². The Morgan fingerprint density at radius 1 is 1.47 bits per heavy atom. The average molecular weight is 297 g/mol. The number of allylic oxidation sites excluding steroid dienone is 3. The number of aliphatic carboxylic acids is 1. The van der Waals surface area contributed by atoms with Crippen molar-refractivity contribution in [3.05, 3.63) is 46.5 Å². The van der Waals surface area contributed by atoms with Gasteiger partial charge in [0.25, 0.3) is 0 Å². The van der Waals surface area contributed by atoms with Crippen LogP contribution in [-0.4, -0.2) is 18.2 Å². The molecular formula is C13H13BrO3. The third-order valence-corrected chi connectivity index (χ3v) is 2.66. The summed E-state index contributed by atoms with van der Waals surface area (Å²) in [6.45, 7) is 1.90. The maximum Gasteiger partial charge on any atom is 0.328 e. The SMILES string of the molecule is COc1ccc(Br)cc1/C(C)=C/C=C/C(=O)O. The Morgan fingerprint density at radius 2 is 2.18 bits per heavy atom. The summed E-state index contributed by atoms with van der Waals surface area (Å²) in [5.74, 6) is -0.207. The lowest BCUT2D eigenvalue weighted by molar-refractivity contribution is -0.131. The van der Waals surface area contributed by atoms with Gasteiger partial charge in [-0.1, -0.05) is 28.1 Å². The fourth-order valence-corrected chi connectivity index (χ4v) is 1.71. The van der Waals surface area contributed by atoms with E-state index < -0.39 is 5.97 Å². The summed E-state index contributed by atoms with van der Waals surface area (Å²) < 4.78 is 6.19. The Morgan fingerprint density at radius 3 is 2.76 bits per heavy atom. The second-order valence-corrected chi connectivity index (χ2v) is 4.31. The molecule has 17 heavy (non-hydrogen) atoms. The topological polar surface area (TPSA) is 46.5 Å². The molecule has 0 saturated heterocycles. The lowest BCUT2D eigenvalue weighted by atomic mass is 10.1. The minimum absolute atomic E-state index is 0.755. The molecule has 0 aliphatic rings. The molecule has 0 radical (unpaired) electrons. The monoisotopic (exact) mass is 296 g/mol. The van der Waals surface area contributed by atoms with E-state index in [0.29, 0.717) is 0 Å². The van der Waals surface area contributed by atoms with Gasteiger partial charge < -0.3 is 9.84 Å². The van der Waals surface area contributed by atoms with Crippen LogP contribution in [0.15, 0.2) is 40.9 Å². The van der Waals surface area contributed by atoms with Crippen molar-refractivity contribution >= 4 is 27.5 Å². The molecule has 0 aromatic heterocycles. The van der Waals surface area contributed by atoms with Crippen molar-refractivity contribution in [1.82, 2.24) is 0 Å². The third kappa shape index (κ3) is 4.07. The van der Waals surface area contributed by atoms with E-state index in [1.54, 1.807) is 13.2 Å². The molecular weight excluding hydrogens is 284 g/mol. The van der Waals surface area contributed by atoms with Crippen molar-refractivity contribution in [3.8, 4) is 5.75 Å². The molecule has 0 aliphatic carbocycles. The van der Waals surface area contributed by atoms with E-state index in [0.717, 1.165) is 27.4 Å². The molecule has 0 atom stereocenters. The van der Waals surface area contributed by atoms with Crippen molar-refractivity contribution < 1.29 is 14.6 Å². The number of carboxylic acids is 1. The average Bonchev–Trinajstić information content (AvgIpc) is 2.28. The van der Waals surface area contributed by atoms with Crippen LogP contribution in [0.25, 0.3) is 5.57 Å². The van der Waals surface area contributed by atoms with Gasteiger partial charge in [-0.15, -0.1) is 0 Å². The van der Waals surface area contributed by atoms with Crippen LogP contribution in [0.1, 0.15) is 12.5 Å². The van der Waals surface area contributed by atoms with Crippen molar-refractivity contribution in [2.45, 2.75) is 6.92 Å². The molecule has 1 aromatic rings. The van der Waals surface area contributed by atoms with Gasteiger partial charge in [-0.3, -0.25) is 0 Å². The van der Waals surface area contributed by atoms with Gasteiger partial charge in [0.05, 0.1) is 7.11 Å². The summed E-state index contributed by atoms with van der Waals surface area (Å²) in [5.41, 5.74) is 1.86. The largest absolute Gasteiger partial charge is 0.496 e. The summed E-state index contributed by atoms with van der Waals surface area (Å²) in [4.78, 5) is 10.3. The van der Waals surface area contributed by atoms with Crippen LogP contribution in [0.5, 0.6) is 5.75 Å². The Balaban J connectivity index is 3.06. The first kappa shape index (κ1) is 13.5. The molecule has 3 nitrogen and oxygen atoms in total. The number of benzene rings is 1. The van der Waals surface area contributed by atoms with E-state index in [9.17, 15) is 4.79 Å². The number of rotatable bonds is 4. The van der Waals surface area contributed by atoms with Gasteiger partial charge in [0.15, 0.2) is 0 Å². The van der Waals surface area contributed by atoms with Gasteiger partial charge >= 0.3 is 5.97 Å². The number of carbonyl (C=O) groups is 1. The molecule has 0 amide bonds. The van der Waals surface area contributed by atoms with E-state index in [4.69, 9.17) is 9.84 Å². The highest BCUT2D eigenvalue weighted by atomic mass is 79.9. The van der Waals surface area contributed by atoms with E-state index in [2.05, 4.69) is 15.9 Å². The second kappa shape index (κ2) is 6.25. The lowest BCUT2D eigenvalue weighted by Crippen LogP contribution is -1.90. The Labute approximate surface area is 109 Å². The molecule has 0 bridgehead atoms. The zero-order valence-corrected chi connectivity index (χ0v) is 11.2. The van der Waals surface area contributed by atoms with Crippen molar-refractivity contribution in [2.24, 2.45) is 0 Å². The van der Waals surface area contributed by atoms with Crippen LogP contribution in [0.2, 0.25) is 0 Å². The normalized spacial score (nSPS) is 11.8. The van der Waals surface area contributed by atoms with Gasteiger partial charge in [-0.25, -0.2) is 4.79 Å². The standard InChI is InChI=1S/C13H13BrO3/c1-9(4-3-5-13(15)16)11-8-10(14)6-7-12(11)17-2/h3-8H,1-2H3,(H,15,16)/b5-3+,9-4+. The zero-order chi connectivity index (χ0) is 12.8. The number of ether oxygens (including phenoxy) is 1. The summed E-state index contributed by atoms with van der Waals surface area (Å²) in [6.07, 6.45) is 4.32. The van der Waals surface area contributed by atoms with E-state index in [1.807, 2.05) is 25.1 Å². The summed E-state index contributed by atoms with van der Waals surface area (Å²) in [5, 5.41) is 8.49. The van der Waals surface area contributed by atoms with Crippen LogP contribution < -0.4 is 4.74 Å². The highest BCUT2D eigenvalue weighted by Crippen LogP contribution is 2.28. The summed E-state index contributed by atoms with van der Waals surface area (Å²) in [6, 6.07) is 5.68. The molecule has 0 unspecified atom stereocenters. The van der Waals surface area contributed by atoms with Crippen LogP contribution >= 0.6 is 15.9 Å². The van der Waals surface area contributed by atoms with Crippen LogP contribution in [0.4, 0.5) is 0 Å². The second-order valence-electron chi connectivity index (χ2n) is 3.39. The van der Waals surface area contributed by atoms with Crippen molar-refractivity contribution in [1.29, 1.82) is 0 Å². The van der Waals surface area contributed by atoms with Gasteiger partial charge in [0.2, 0.25) is 0 Å². The minimum atomic E-state index is -0.963. The lowest BCUT2D eigenvalue weighted by Gasteiger charge is -2.08. The zero-order valence-electron chi connectivity index (χ0n) is 9.61. The first-order valence-corrected chi connectivity index (χ1v) is 5.75. The first-order chi connectivity index (χ1) is 8.04. The Bertz CT molecular complexity index is 476. The predicted molar refractivity (Wildman–Crippen MR) is 71.1 cm³/mol. The minimum Gasteiger partial charge on any atom is -0.496 e. The van der Waals surface area contributed by atoms with Crippen molar-refractivity contribution in [3.63, 3.8) is 0 Å². The fourth-order valence-electron chi connectivity index (χ4n) is 1.35. The molecule has 0 spiro atoms. The number of halogens is 1. The number of methoxy groups -OCH3 is 1. The molecule has 1 rings (SSSR count). The third-order valence-electron chi connectivity index (χ3n) is 2.17. The van der Waals surface area contributed by atoms with Gasteiger partial charge in [0, 0.05) is 16.1 Å². The summed E-state index contributed by atoms with van der Waals surface area (Å²) >= 11 is 3.39. The Hall–Kier alpha value is -1.55. The van der Waals surface area contributed by atoms with Crippen molar-refractivity contribution in [2.75, 3.05) is 7.11 Å². The van der Waals surface area contributed by atoms with Crippen LogP contribution in [-0.2, 0) is 4.79 Å². The predicted octanol–water partition coefficient (Wildman–Crippen LogP) is 3.50. The highest BCUT2D eigenvalue weighted by molar-refractivity contribution is 9.10. The number of hydrogen-bond acceptors (Lipinski definition) is 2. The molecule has 90 valence electrons. The number of hydrogen-bond donors (Lipinski definition) is 1. The molecule has 0 heterocycles.